The van der Waals surface area contributed by atoms with Crippen molar-refractivity contribution in [3.8, 4) is 0 Å². The molecule has 18 heavy (non-hydrogen) atoms. The Morgan fingerprint density at radius 1 is 1.22 bits per heavy atom. The molecule has 2 aromatic rings. The third-order valence-corrected chi connectivity index (χ3v) is 2.70. The van der Waals surface area contributed by atoms with Crippen LogP contribution in [0, 0.1) is 5.82 Å². The lowest BCUT2D eigenvalue weighted by molar-refractivity contribution is 0.631. The molecule has 0 saturated heterocycles. The molecule has 0 spiro atoms. The Balaban J connectivity index is 0.000000771. The fourth-order valence-electron chi connectivity index (χ4n) is 1.63. The number of aromatic nitrogens is 2. The maximum absolute atomic E-state index is 13.8. The zero-order valence-electron chi connectivity index (χ0n) is 11.8. The molecule has 1 aromatic heterocycles. The summed E-state index contributed by atoms with van der Waals surface area (Å²) in [6.07, 6.45) is 2.49. The molecule has 0 aliphatic carbocycles. The first-order valence-corrected chi connectivity index (χ1v) is 6.57. The molecule has 2 nitrogen and oxygen atoms in total. The van der Waals surface area contributed by atoms with Crippen LogP contribution in [0.5, 0.6) is 0 Å². The van der Waals surface area contributed by atoms with Gasteiger partial charge < -0.3 is 0 Å². The third-order valence-electron chi connectivity index (χ3n) is 2.70. The highest BCUT2D eigenvalue weighted by molar-refractivity contribution is 5.75. The zero-order chi connectivity index (χ0) is 13.7. The molecule has 0 unspecified atom stereocenters. The van der Waals surface area contributed by atoms with Crippen LogP contribution < -0.4 is 0 Å². The number of nitrogens with zero attached hydrogens (tertiary/aromatic N) is 2. The number of rotatable bonds is 2. The van der Waals surface area contributed by atoms with E-state index in [0.717, 1.165) is 17.7 Å². The van der Waals surface area contributed by atoms with E-state index in [0.29, 0.717) is 17.0 Å². The molecule has 2 rings (SSSR count). The van der Waals surface area contributed by atoms with E-state index in [1.807, 2.05) is 40.7 Å². The standard InChI is InChI=1S/C13H15FN2.C2H6/c1-4-10-7-15-12-6-9(8(2)3)5-11(14)13(12)16-10;1-2/h5-8H,4H2,1-3H3;1-2H3. The molecular formula is C15H21FN2. The van der Waals surface area contributed by atoms with Gasteiger partial charge in [-0.25, -0.2) is 9.37 Å². The summed E-state index contributed by atoms with van der Waals surface area (Å²) < 4.78 is 13.8. The number of aryl methyl sites for hydroxylation is 1. The first kappa shape index (κ1) is 14.6. The normalized spacial score (nSPS) is 10.4. The van der Waals surface area contributed by atoms with E-state index in [9.17, 15) is 4.39 Å². The van der Waals surface area contributed by atoms with Gasteiger partial charge in [0.1, 0.15) is 5.52 Å². The van der Waals surface area contributed by atoms with Crippen LogP contribution in [-0.4, -0.2) is 9.97 Å². The molecule has 1 heterocycles. The minimum absolute atomic E-state index is 0.274. The van der Waals surface area contributed by atoms with Crippen LogP contribution in [0.1, 0.15) is 51.8 Å². The van der Waals surface area contributed by atoms with Gasteiger partial charge in [0, 0.05) is 6.20 Å². The van der Waals surface area contributed by atoms with Gasteiger partial charge in [-0.1, -0.05) is 34.6 Å². The van der Waals surface area contributed by atoms with Crippen LogP contribution in [0.2, 0.25) is 0 Å². The van der Waals surface area contributed by atoms with Gasteiger partial charge in [0.05, 0.1) is 11.2 Å². The topological polar surface area (TPSA) is 25.8 Å². The molecule has 1 aromatic carbocycles. The van der Waals surface area contributed by atoms with Crippen LogP contribution in [0.15, 0.2) is 18.3 Å². The Hall–Kier alpha value is -1.51. The van der Waals surface area contributed by atoms with E-state index in [1.165, 1.54) is 0 Å². The summed E-state index contributed by atoms with van der Waals surface area (Å²) in [5.41, 5.74) is 2.80. The number of fused-ring (bicyclic) bond motifs is 1. The van der Waals surface area contributed by atoms with Crippen molar-refractivity contribution in [3.05, 3.63) is 35.4 Å². The highest BCUT2D eigenvalue weighted by atomic mass is 19.1. The van der Waals surface area contributed by atoms with Crippen LogP contribution in [-0.2, 0) is 6.42 Å². The summed E-state index contributed by atoms with van der Waals surface area (Å²) >= 11 is 0. The molecule has 0 bridgehead atoms. The molecule has 0 aliphatic rings. The van der Waals surface area contributed by atoms with Gasteiger partial charge in [0.25, 0.3) is 0 Å². The summed E-state index contributed by atoms with van der Waals surface area (Å²) in [4.78, 5) is 8.51. The monoisotopic (exact) mass is 248 g/mol. The van der Waals surface area contributed by atoms with Crippen molar-refractivity contribution in [2.75, 3.05) is 0 Å². The SMILES string of the molecule is CC.CCc1cnc2cc(C(C)C)cc(F)c2n1. The summed E-state index contributed by atoms with van der Waals surface area (Å²) in [6, 6.07) is 3.47. The number of hydrogen-bond acceptors (Lipinski definition) is 2. The molecule has 98 valence electrons. The average molecular weight is 248 g/mol. The molecule has 0 aliphatic heterocycles. The van der Waals surface area contributed by atoms with E-state index in [1.54, 1.807) is 12.3 Å². The second-order valence-electron chi connectivity index (χ2n) is 4.24. The fraction of sp³-hybridized carbons (Fsp3) is 0.467. The third kappa shape index (κ3) is 3.03. The Labute approximate surface area is 108 Å². The molecule has 0 saturated carbocycles. The lowest BCUT2D eigenvalue weighted by Crippen LogP contribution is -1.96. The van der Waals surface area contributed by atoms with Crippen LogP contribution in [0.25, 0.3) is 11.0 Å². The second-order valence-corrected chi connectivity index (χ2v) is 4.24. The van der Waals surface area contributed by atoms with Gasteiger partial charge in [0.15, 0.2) is 5.82 Å². The van der Waals surface area contributed by atoms with Crippen molar-refractivity contribution in [1.82, 2.24) is 9.97 Å². The smallest absolute Gasteiger partial charge is 0.151 e. The maximum Gasteiger partial charge on any atom is 0.151 e. The zero-order valence-corrected chi connectivity index (χ0v) is 11.8. The minimum Gasteiger partial charge on any atom is -0.253 e. The quantitative estimate of drug-likeness (QED) is 0.783. The van der Waals surface area contributed by atoms with Gasteiger partial charge in [-0.2, -0.15) is 0 Å². The summed E-state index contributed by atoms with van der Waals surface area (Å²) in [5.74, 6) is 0.0237. The molecule has 0 fully saturated rings. The van der Waals surface area contributed by atoms with Gasteiger partial charge >= 0.3 is 0 Å². The summed E-state index contributed by atoms with van der Waals surface area (Å²) in [6.45, 7) is 10.1. The molecule has 0 N–H and O–H groups in total. The van der Waals surface area contributed by atoms with E-state index in [4.69, 9.17) is 0 Å². The first-order valence-electron chi connectivity index (χ1n) is 6.57. The van der Waals surface area contributed by atoms with E-state index in [-0.39, 0.29) is 5.82 Å². The van der Waals surface area contributed by atoms with Crippen molar-refractivity contribution in [2.24, 2.45) is 0 Å². The first-order chi connectivity index (χ1) is 8.61. The predicted molar refractivity (Wildman–Crippen MR) is 74.3 cm³/mol. The Morgan fingerprint density at radius 3 is 2.44 bits per heavy atom. The van der Waals surface area contributed by atoms with Gasteiger partial charge in [-0.05, 0) is 30.0 Å². The maximum atomic E-state index is 13.8. The molecule has 3 heteroatoms. The predicted octanol–water partition coefficient (Wildman–Crippen LogP) is 4.48. The van der Waals surface area contributed by atoms with Crippen molar-refractivity contribution in [3.63, 3.8) is 0 Å². The van der Waals surface area contributed by atoms with Crippen molar-refractivity contribution >= 4 is 11.0 Å². The average Bonchev–Trinajstić information content (AvgIpc) is 2.40. The highest BCUT2D eigenvalue weighted by Gasteiger charge is 2.09. The number of hydrogen-bond donors (Lipinski definition) is 0. The molecular weight excluding hydrogens is 227 g/mol. The Morgan fingerprint density at radius 2 is 1.89 bits per heavy atom. The molecule has 0 atom stereocenters. The Bertz CT molecular complexity index is 521. The van der Waals surface area contributed by atoms with Gasteiger partial charge in [-0.3, -0.25) is 4.98 Å². The van der Waals surface area contributed by atoms with E-state index >= 15 is 0 Å². The van der Waals surface area contributed by atoms with Crippen molar-refractivity contribution in [1.29, 1.82) is 0 Å². The Kier molecular flexibility index (Phi) is 5.20. The van der Waals surface area contributed by atoms with Gasteiger partial charge in [0.2, 0.25) is 0 Å². The van der Waals surface area contributed by atoms with Crippen LogP contribution >= 0.6 is 0 Å². The highest BCUT2D eigenvalue weighted by Crippen LogP contribution is 2.22. The fourth-order valence-corrected chi connectivity index (χ4v) is 1.63. The number of benzene rings is 1. The lowest BCUT2D eigenvalue weighted by Gasteiger charge is -2.07. The largest absolute Gasteiger partial charge is 0.253 e. The van der Waals surface area contributed by atoms with Crippen molar-refractivity contribution < 1.29 is 4.39 Å². The van der Waals surface area contributed by atoms with Gasteiger partial charge in [-0.15, -0.1) is 0 Å². The number of halogens is 1. The molecule has 0 amide bonds. The summed E-state index contributed by atoms with van der Waals surface area (Å²) in [7, 11) is 0. The molecule has 0 radical (unpaired) electrons. The van der Waals surface area contributed by atoms with Crippen LogP contribution in [0.3, 0.4) is 0 Å². The van der Waals surface area contributed by atoms with E-state index < -0.39 is 0 Å². The second kappa shape index (κ2) is 6.43. The van der Waals surface area contributed by atoms with E-state index in [2.05, 4.69) is 9.97 Å². The van der Waals surface area contributed by atoms with Crippen molar-refractivity contribution in [2.45, 2.75) is 47.0 Å². The summed E-state index contributed by atoms with van der Waals surface area (Å²) in [5, 5.41) is 0. The lowest BCUT2D eigenvalue weighted by atomic mass is 10.0. The minimum atomic E-state index is -0.274. The van der Waals surface area contributed by atoms with Crippen LogP contribution in [0.4, 0.5) is 4.39 Å².